The summed E-state index contributed by atoms with van der Waals surface area (Å²) in [4.78, 5) is 9.92. The van der Waals surface area contributed by atoms with E-state index in [-0.39, 0.29) is 11.6 Å². The molecule has 0 heterocycles. The van der Waals surface area contributed by atoms with Crippen LogP contribution in [0, 0.1) is 0 Å². The number of rotatable bonds is 3. The smallest absolute Gasteiger partial charge is 0.449 e. The van der Waals surface area contributed by atoms with Gasteiger partial charge in [-0.15, -0.1) is 11.6 Å². The summed E-state index contributed by atoms with van der Waals surface area (Å²) in [5, 5.41) is 8.12. The maximum Gasteiger partial charge on any atom is 0.511 e. The van der Waals surface area contributed by atoms with Gasteiger partial charge in [-0.2, -0.15) is 0 Å². The standard InChI is InChI=1S/C6H9ClO3/c1-2-3-5(4-7)10-6(8)9/h3H,2,4H2,1H3,(H,8,9)/b5-3+. The summed E-state index contributed by atoms with van der Waals surface area (Å²) in [5.41, 5.74) is 0. The van der Waals surface area contributed by atoms with Crippen LogP contribution >= 0.6 is 11.6 Å². The zero-order chi connectivity index (χ0) is 7.98. The predicted octanol–water partition coefficient (Wildman–Crippen LogP) is 2.21. The SMILES string of the molecule is CC/C=C(\CCl)OC(=O)O. The molecular formula is C6H9ClO3. The topological polar surface area (TPSA) is 46.5 Å². The van der Waals surface area contributed by atoms with E-state index in [1.807, 2.05) is 6.92 Å². The number of ether oxygens (including phenoxy) is 1. The molecule has 0 aliphatic rings. The van der Waals surface area contributed by atoms with Crippen molar-refractivity contribution >= 4 is 17.8 Å². The van der Waals surface area contributed by atoms with Crippen molar-refractivity contribution in [1.29, 1.82) is 0 Å². The van der Waals surface area contributed by atoms with Crippen LogP contribution in [-0.4, -0.2) is 17.1 Å². The maximum absolute atomic E-state index is 9.92. The van der Waals surface area contributed by atoms with Crippen LogP contribution in [-0.2, 0) is 4.74 Å². The number of alkyl halides is 1. The lowest BCUT2D eigenvalue weighted by atomic mass is 10.4. The average molecular weight is 165 g/mol. The van der Waals surface area contributed by atoms with Crippen LogP contribution in [0.15, 0.2) is 11.8 Å². The molecule has 0 bridgehead atoms. The predicted molar refractivity (Wildman–Crippen MR) is 38.2 cm³/mol. The Kier molecular flexibility index (Phi) is 4.76. The van der Waals surface area contributed by atoms with Gasteiger partial charge in [-0.25, -0.2) is 4.79 Å². The molecule has 0 rings (SSSR count). The molecule has 0 aliphatic heterocycles. The molecule has 1 N–H and O–H groups in total. The van der Waals surface area contributed by atoms with Gasteiger partial charge in [-0.05, 0) is 12.5 Å². The Balaban J connectivity index is 3.83. The van der Waals surface area contributed by atoms with E-state index in [0.717, 1.165) is 6.42 Å². The van der Waals surface area contributed by atoms with Crippen molar-refractivity contribution in [3.8, 4) is 0 Å². The minimum atomic E-state index is -1.32. The van der Waals surface area contributed by atoms with E-state index in [0.29, 0.717) is 0 Å². The van der Waals surface area contributed by atoms with E-state index in [9.17, 15) is 4.79 Å². The van der Waals surface area contributed by atoms with Crippen LogP contribution in [0.3, 0.4) is 0 Å². The number of allylic oxidation sites excluding steroid dienone is 2. The van der Waals surface area contributed by atoms with Crippen molar-refractivity contribution in [1.82, 2.24) is 0 Å². The Hall–Kier alpha value is -0.700. The number of halogens is 1. The summed E-state index contributed by atoms with van der Waals surface area (Å²) in [5.74, 6) is 0.386. The van der Waals surface area contributed by atoms with Crippen LogP contribution in [0.4, 0.5) is 4.79 Å². The molecule has 0 aromatic rings. The largest absolute Gasteiger partial charge is 0.511 e. The molecule has 0 spiro atoms. The second kappa shape index (κ2) is 5.11. The minimum absolute atomic E-state index is 0.0974. The van der Waals surface area contributed by atoms with E-state index < -0.39 is 6.16 Å². The van der Waals surface area contributed by atoms with Gasteiger partial charge in [-0.3, -0.25) is 0 Å². The van der Waals surface area contributed by atoms with Gasteiger partial charge in [0.05, 0.1) is 5.88 Å². The van der Waals surface area contributed by atoms with Crippen molar-refractivity contribution in [3.63, 3.8) is 0 Å². The number of hydrogen-bond acceptors (Lipinski definition) is 2. The highest BCUT2D eigenvalue weighted by Gasteiger charge is 2.00. The number of hydrogen-bond donors (Lipinski definition) is 1. The Morgan fingerprint density at radius 2 is 2.40 bits per heavy atom. The highest BCUT2D eigenvalue weighted by Crippen LogP contribution is 2.01. The molecule has 0 saturated heterocycles. The van der Waals surface area contributed by atoms with Gasteiger partial charge >= 0.3 is 6.16 Å². The van der Waals surface area contributed by atoms with Crippen molar-refractivity contribution in [2.75, 3.05) is 5.88 Å². The third-order valence-electron chi connectivity index (χ3n) is 0.782. The molecule has 0 aliphatic carbocycles. The molecule has 0 unspecified atom stereocenters. The summed E-state index contributed by atoms with van der Waals surface area (Å²) in [6, 6.07) is 0. The molecule has 0 aromatic carbocycles. The fourth-order valence-electron chi connectivity index (χ4n) is 0.463. The van der Waals surface area contributed by atoms with Crippen LogP contribution in [0.2, 0.25) is 0 Å². The molecule has 0 saturated carbocycles. The highest BCUT2D eigenvalue weighted by atomic mass is 35.5. The minimum Gasteiger partial charge on any atom is -0.449 e. The van der Waals surface area contributed by atoms with E-state index in [1.54, 1.807) is 6.08 Å². The lowest BCUT2D eigenvalue weighted by molar-refractivity contribution is 0.119. The molecule has 4 heteroatoms. The van der Waals surface area contributed by atoms with Crippen LogP contribution < -0.4 is 0 Å². The lowest BCUT2D eigenvalue weighted by Crippen LogP contribution is -2.00. The third kappa shape index (κ3) is 4.21. The summed E-state index contributed by atoms with van der Waals surface area (Å²) in [6.45, 7) is 1.87. The van der Waals surface area contributed by atoms with Gasteiger partial charge in [0.15, 0.2) is 0 Å². The van der Waals surface area contributed by atoms with Crippen molar-refractivity contribution < 1.29 is 14.6 Å². The average Bonchev–Trinajstić information content (AvgIpc) is 1.86. The first-order chi connectivity index (χ1) is 4.70. The van der Waals surface area contributed by atoms with Gasteiger partial charge < -0.3 is 9.84 Å². The molecule has 0 atom stereocenters. The van der Waals surface area contributed by atoms with Crippen molar-refractivity contribution in [2.24, 2.45) is 0 Å². The van der Waals surface area contributed by atoms with Crippen LogP contribution in [0.1, 0.15) is 13.3 Å². The monoisotopic (exact) mass is 164 g/mol. The maximum atomic E-state index is 9.92. The molecule has 0 fully saturated rings. The van der Waals surface area contributed by atoms with E-state index in [2.05, 4.69) is 4.74 Å². The first kappa shape index (κ1) is 9.30. The van der Waals surface area contributed by atoms with E-state index in [1.165, 1.54) is 0 Å². The van der Waals surface area contributed by atoms with Crippen LogP contribution in [0.5, 0.6) is 0 Å². The number of carboxylic acid groups (broad SMARTS) is 1. The molecule has 58 valence electrons. The molecular weight excluding hydrogens is 156 g/mol. The van der Waals surface area contributed by atoms with E-state index in [4.69, 9.17) is 16.7 Å². The Bertz CT molecular complexity index is 142. The lowest BCUT2D eigenvalue weighted by Gasteiger charge is -1.99. The van der Waals surface area contributed by atoms with Crippen LogP contribution in [0.25, 0.3) is 0 Å². The molecule has 0 radical (unpaired) electrons. The Labute approximate surface area is 64.2 Å². The quantitative estimate of drug-likeness (QED) is 0.395. The zero-order valence-electron chi connectivity index (χ0n) is 5.63. The summed E-state index contributed by atoms with van der Waals surface area (Å²) in [6.07, 6.45) is 1.02. The second-order valence-electron chi connectivity index (χ2n) is 1.58. The molecule has 3 nitrogen and oxygen atoms in total. The summed E-state index contributed by atoms with van der Waals surface area (Å²) < 4.78 is 4.29. The Morgan fingerprint density at radius 1 is 1.80 bits per heavy atom. The first-order valence-electron chi connectivity index (χ1n) is 2.86. The normalized spacial score (nSPS) is 11.2. The zero-order valence-corrected chi connectivity index (χ0v) is 6.39. The second-order valence-corrected chi connectivity index (χ2v) is 1.85. The fourth-order valence-corrected chi connectivity index (χ4v) is 0.627. The van der Waals surface area contributed by atoms with Gasteiger partial charge in [0.2, 0.25) is 0 Å². The van der Waals surface area contributed by atoms with E-state index >= 15 is 0 Å². The third-order valence-corrected chi connectivity index (χ3v) is 1.05. The fraction of sp³-hybridized carbons (Fsp3) is 0.500. The summed E-state index contributed by atoms with van der Waals surface area (Å²) in [7, 11) is 0. The Morgan fingerprint density at radius 3 is 2.70 bits per heavy atom. The molecule has 0 amide bonds. The highest BCUT2D eigenvalue weighted by molar-refractivity contribution is 6.19. The van der Waals surface area contributed by atoms with Gasteiger partial charge in [0, 0.05) is 0 Å². The van der Waals surface area contributed by atoms with Gasteiger partial charge in [0.1, 0.15) is 5.76 Å². The van der Waals surface area contributed by atoms with Crippen molar-refractivity contribution in [2.45, 2.75) is 13.3 Å². The van der Waals surface area contributed by atoms with Crippen molar-refractivity contribution in [3.05, 3.63) is 11.8 Å². The van der Waals surface area contributed by atoms with Gasteiger partial charge in [0.25, 0.3) is 0 Å². The summed E-state index contributed by atoms with van der Waals surface area (Å²) >= 11 is 5.33. The van der Waals surface area contributed by atoms with Gasteiger partial charge in [-0.1, -0.05) is 6.92 Å². The molecule has 10 heavy (non-hydrogen) atoms. The first-order valence-corrected chi connectivity index (χ1v) is 3.40. The number of carbonyl (C=O) groups is 1. The molecule has 0 aromatic heterocycles.